The van der Waals surface area contributed by atoms with Crippen LogP contribution in [-0.2, 0) is 14.3 Å². The van der Waals surface area contributed by atoms with Crippen molar-refractivity contribution in [3.8, 4) is 0 Å². The zero-order chi connectivity index (χ0) is 13.3. The van der Waals surface area contributed by atoms with Crippen molar-refractivity contribution in [2.45, 2.75) is 38.0 Å². The van der Waals surface area contributed by atoms with Gasteiger partial charge in [-0.05, 0) is 20.8 Å². The molecule has 3 rings (SSSR count). The molecule has 3 aliphatic heterocycles. The highest BCUT2D eigenvalue weighted by Crippen LogP contribution is 2.52. The Balaban J connectivity index is 2.02. The van der Waals surface area contributed by atoms with Gasteiger partial charge in [-0.25, -0.2) is 0 Å². The van der Waals surface area contributed by atoms with Gasteiger partial charge in [0.2, 0.25) is 5.91 Å². The lowest BCUT2D eigenvalue weighted by Gasteiger charge is -2.33. The molecule has 4 unspecified atom stereocenters. The van der Waals surface area contributed by atoms with Gasteiger partial charge in [0.15, 0.2) is 0 Å². The molecule has 3 aliphatic rings. The predicted molar refractivity (Wildman–Crippen MR) is 62.8 cm³/mol. The monoisotopic (exact) mass is 251 g/mol. The second-order valence-electron chi connectivity index (χ2n) is 6.33. The molecule has 4 atom stereocenters. The van der Waals surface area contributed by atoms with Gasteiger partial charge >= 0.3 is 5.97 Å². The molecule has 1 amide bonds. The number of carbonyl (C=O) groups is 2. The Hall–Kier alpha value is -1.36. The summed E-state index contributed by atoms with van der Waals surface area (Å²) < 4.78 is 5.80. The summed E-state index contributed by atoms with van der Waals surface area (Å²) in [5.74, 6) is -2.35. The van der Waals surface area contributed by atoms with Crippen LogP contribution in [0.4, 0.5) is 0 Å². The Bertz CT molecular complexity index is 464. The zero-order valence-corrected chi connectivity index (χ0v) is 10.7. The van der Waals surface area contributed by atoms with Crippen LogP contribution in [0.2, 0.25) is 0 Å². The van der Waals surface area contributed by atoms with Crippen molar-refractivity contribution in [3.05, 3.63) is 12.2 Å². The number of carboxylic acid groups (broad SMARTS) is 1. The summed E-state index contributed by atoms with van der Waals surface area (Å²) >= 11 is 0. The molecule has 0 aliphatic carbocycles. The van der Waals surface area contributed by atoms with Gasteiger partial charge in [0.05, 0.1) is 18.6 Å². The minimum absolute atomic E-state index is 0.0956. The number of nitrogens with zero attached hydrogens (tertiary/aromatic N) is 1. The number of aliphatic carboxylic acids is 1. The molecule has 2 bridgehead atoms. The topological polar surface area (TPSA) is 66.8 Å². The molecule has 0 saturated carbocycles. The molecule has 0 aromatic rings. The van der Waals surface area contributed by atoms with Crippen LogP contribution >= 0.6 is 0 Å². The summed E-state index contributed by atoms with van der Waals surface area (Å²) in [5, 5.41) is 9.30. The summed E-state index contributed by atoms with van der Waals surface area (Å²) in [6, 6.07) is 0. The summed E-state index contributed by atoms with van der Waals surface area (Å²) in [5.41, 5.74) is -1.02. The van der Waals surface area contributed by atoms with Crippen molar-refractivity contribution in [1.29, 1.82) is 0 Å². The first kappa shape index (κ1) is 11.7. The van der Waals surface area contributed by atoms with E-state index in [0.717, 1.165) is 0 Å². The summed E-state index contributed by atoms with van der Waals surface area (Å²) in [6.07, 6.45) is 3.22. The number of likely N-dealkylation sites (tertiary alicyclic amines) is 1. The van der Waals surface area contributed by atoms with E-state index in [0.29, 0.717) is 6.54 Å². The van der Waals surface area contributed by atoms with E-state index in [4.69, 9.17) is 4.74 Å². The molecule has 5 nitrogen and oxygen atoms in total. The fourth-order valence-electron chi connectivity index (χ4n) is 3.35. The Morgan fingerprint density at radius 2 is 2.22 bits per heavy atom. The molecular weight excluding hydrogens is 234 g/mol. The molecule has 98 valence electrons. The SMILES string of the molecule is CC(C)(C)N1CC23C=CC(O2)C(C(=O)O)C3C1=O. The zero-order valence-electron chi connectivity index (χ0n) is 10.7. The number of carbonyl (C=O) groups excluding carboxylic acids is 1. The van der Waals surface area contributed by atoms with E-state index in [1.54, 1.807) is 11.0 Å². The van der Waals surface area contributed by atoms with Crippen molar-refractivity contribution in [3.63, 3.8) is 0 Å². The van der Waals surface area contributed by atoms with E-state index < -0.39 is 29.5 Å². The highest BCUT2D eigenvalue weighted by Gasteiger charge is 2.67. The molecule has 1 spiro atoms. The van der Waals surface area contributed by atoms with Crippen molar-refractivity contribution >= 4 is 11.9 Å². The fourth-order valence-corrected chi connectivity index (χ4v) is 3.35. The molecule has 0 radical (unpaired) electrons. The van der Waals surface area contributed by atoms with E-state index in [-0.39, 0.29) is 11.4 Å². The number of carboxylic acids is 1. The van der Waals surface area contributed by atoms with Crippen LogP contribution in [0.1, 0.15) is 20.8 Å². The minimum Gasteiger partial charge on any atom is -0.481 e. The summed E-state index contributed by atoms with van der Waals surface area (Å²) in [6.45, 7) is 6.31. The molecule has 2 saturated heterocycles. The lowest BCUT2D eigenvalue weighted by atomic mass is 9.77. The smallest absolute Gasteiger partial charge is 0.310 e. The maximum atomic E-state index is 12.5. The Morgan fingerprint density at radius 1 is 1.56 bits per heavy atom. The second-order valence-corrected chi connectivity index (χ2v) is 6.33. The quantitative estimate of drug-likeness (QED) is 0.695. The maximum Gasteiger partial charge on any atom is 0.310 e. The number of amides is 1. The van der Waals surface area contributed by atoms with Gasteiger partial charge in [-0.3, -0.25) is 9.59 Å². The molecule has 3 heterocycles. The third kappa shape index (κ3) is 1.25. The Morgan fingerprint density at radius 3 is 2.78 bits per heavy atom. The van der Waals surface area contributed by atoms with Crippen LogP contribution < -0.4 is 0 Å². The van der Waals surface area contributed by atoms with E-state index >= 15 is 0 Å². The van der Waals surface area contributed by atoms with Crippen molar-refractivity contribution in [2.75, 3.05) is 6.54 Å². The average molecular weight is 251 g/mol. The van der Waals surface area contributed by atoms with Crippen LogP contribution in [0.15, 0.2) is 12.2 Å². The lowest BCUT2D eigenvalue weighted by molar-refractivity contribution is -0.149. The van der Waals surface area contributed by atoms with Gasteiger partial charge in [-0.2, -0.15) is 0 Å². The van der Waals surface area contributed by atoms with Gasteiger partial charge in [-0.15, -0.1) is 0 Å². The van der Waals surface area contributed by atoms with Gasteiger partial charge in [-0.1, -0.05) is 12.2 Å². The van der Waals surface area contributed by atoms with E-state index in [1.807, 2.05) is 26.8 Å². The van der Waals surface area contributed by atoms with Crippen LogP contribution in [0.25, 0.3) is 0 Å². The van der Waals surface area contributed by atoms with Crippen molar-refractivity contribution < 1.29 is 19.4 Å². The average Bonchev–Trinajstić information content (AvgIpc) is 2.85. The largest absolute Gasteiger partial charge is 0.481 e. The number of rotatable bonds is 1. The van der Waals surface area contributed by atoms with Gasteiger partial charge in [0, 0.05) is 5.54 Å². The lowest BCUT2D eigenvalue weighted by Crippen LogP contribution is -2.45. The van der Waals surface area contributed by atoms with Crippen LogP contribution in [-0.4, -0.2) is 45.7 Å². The third-order valence-corrected chi connectivity index (χ3v) is 4.20. The highest BCUT2D eigenvalue weighted by molar-refractivity contribution is 5.91. The molecule has 18 heavy (non-hydrogen) atoms. The Kier molecular flexibility index (Phi) is 2.05. The van der Waals surface area contributed by atoms with E-state index in [2.05, 4.69) is 0 Å². The first-order chi connectivity index (χ1) is 8.26. The molecule has 5 heteroatoms. The van der Waals surface area contributed by atoms with Gasteiger partial charge in [0.25, 0.3) is 0 Å². The number of hydrogen-bond donors (Lipinski definition) is 1. The standard InChI is InChI=1S/C13H17NO4/c1-12(2,3)14-6-13-5-4-7(18-13)8(11(16)17)9(13)10(14)15/h4-5,7-9H,6H2,1-3H3,(H,16,17). The first-order valence-corrected chi connectivity index (χ1v) is 6.18. The van der Waals surface area contributed by atoms with E-state index in [9.17, 15) is 14.7 Å². The molecule has 1 N–H and O–H groups in total. The number of ether oxygens (including phenoxy) is 1. The molecule has 0 aromatic heterocycles. The normalized spacial score (nSPS) is 41.6. The van der Waals surface area contributed by atoms with Crippen LogP contribution in [0.3, 0.4) is 0 Å². The Labute approximate surface area is 105 Å². The molecular formula is C13H17NO4. The van der Waals surface area contributed by atoms with Gasteiger partial charge in [0.1, 0.15) is 11.5 Å². The third-order valence-electron chi connectivity index (χ3n) is 4.20. The number of hydrogen-bond acceptors (Lipinski definition) is 3. The summed E-state index contributed by atoms with van der Waals surface area (Å²) in [7, 11) is 0. The van der Waals surface area contributed by atoms with Crippen LogP contribution in [0, 0.1) is 11.8 Å². The molecule has 0 aromatic carbocycles. The molecule has 2 fully saturated rings. The number of fused-ring (bicyclic) bond motifs is 1. The van der Waals surface area contributed by atoms with Crippen molar-refractivity contribution in [2.24, 2.45) is 11.8 Å². The first-order valence-electron chi connectivity index (χ1n) is 6.18. The van der Waals surface area contributed by atoms with Crippen molar-refractivity contribution in [1.82, 2.24) is 4.90 Å². The minimum atomic E-state index is -0.944. The van der Waals surface area contributed by atoms with Gasteiger partial charge < -0.3 is 14.7 Å². The predicted octanol–water partition coefficient (Wildman–Crippen LogP) is 0.651. The summed E-state index contributed by atoms with van der Waals surface area (Å²) in [4.78, 5) is 25.6. The van der Waals surface area contributed by atoms with Crippen LogP contribution in [0.5, 0.6) is 0 Å². The highest BCUT2D eigenvalue weighted by atomic mass is 16.5. The van der Waals surface area contributed by atoms with E-state index in [1.165, 1.54) is 0 Å². The fraction of sp³-hybridized carbons (Fsp3) is 0.692. The second kappa shape index (κ2) is 3.15. The maximum absolute atomic E-state index is 12.5.